The predicted molar refractivity (Wildman–Crippen MR) is 72.1 cm³/mol. The van der Waals surface area contributed by atoms with Gasteiger partial charge in [-0.3, -0.25) is 4.79 Å². The average Bonchev–Trinajstić information content (AvgIpc) is 2.29. The van der Waals surface area contributed by atoms with Crippen LogP contribution in [0.2, 0.25) is 0 Å². The number of nitrogens with zero attached hydrogens (tertiary/aromatic N) is 1. The summed E-state index contributed by atoms with van der Waals surface area (Å²) in [5.74, 6) is 0.628. The Morgan fingerprint density at radius 3 is 3.06 bits per heavy atom. The molecular formula is C12H17N3OS. The van der Waals surface area contributed by atoms with Gasteiger partial charge in [0.1, 0.15) is 0 Å². The lowest BCUT2D eigenvalue weighted by atomic mass is 10.1. The van der Waals surface area contributed by atoms with Gasteiger partial charge in [-0.1, -0.05) is 6.92 Å². The molecule has 5 heteroatoms. The number of hydrogen-bond donors (Lipinski definition) is 2. The molecule has 0 bridgehead atoms. The maximum Gasteiger partial charge on any atom is 0.222 e. The van der Waals surface area contributed by atoms with Gasteiger partial charge in [0.25, 0.3) is 0 Å². The van der Waals surface area contributed by atoms with Crippen molar-refractivity contribution in [1.82, 2.24) is 0 Å². The summed E-state index contributed by atoms with van der Waals surface area (Å²) in [7, 11) is 0. The minimum Gasteiger partial charge on any atom is -0.399 e. The molecule has 0 saturated heterocycles. The molecule has 1 unspecified atom stereocenters. The van der Waals surface area contributed by atoms with Crippen LogP contribution in [0.3, 0.4) is 0 Å². The van der Waals surface area contributed by atoms with Gasteiger partial charge in [0.05, 0.1) is 11.6 Å². The van der Waals surface area contributed by atoms with Crippen LogP contribution in [0.5, 0.6) is 0 Å². The minimum atomic E-state index is -0.256. The van der Waals surface area contributed by atoms with E-state index in [1.165, 1.54) is 4.90 Å². The Morgan fingerprint density at radius 2 is 2.35 bits per heavy atom. The van der Waals surface area contributed by atoms with Gasteiger partial charge in [0.15, 0.2) is 0 Å². The first kappa shape index (κ1) is 12.1. The second-order valence-corrected chi connectivity index (χ2v) is 5.46. The van der Waals surface area contributed by atoms with E-state index < -0.39 is 0 Å². The van der Waals surface area contributed by atoms with E-state index in [1.807, 2.05) is 36.9 Å². The maximum atomic E-state index is 11.1. The number of benzene rings is 1. The Kier molecular flexibility index (Phi) is 3.47. The second kappa shape index (κ2) is 4.87. The lowest BCUT2D eigenvalue weighted by Gasteiger charge is -2.32. The highest BCUT2D eigenvalue weighted by Crippen LogP contribution is 2.36. The van der Waals surface area contributed by atoms with Crippen molar-refractivity contribution in [3.8, 4) is 0 Å². The number of nitrogen functional groups attached to an aromatic ring is 1. The lowest BCUT2D eigenvalue weighted by Crippen LogP contribution is -2.37. The van der Waals surface area contributed by atoms with E-state index in [0.29, 0.717) is 6.54 Å². The van der Waals surface area contributed by atoms with E-state index in [2.05, 4.69) is 4.90 Å². The first-order chi connectivity index (χ1) is 8.08. The first-order valence-electron chi connectivity index (χ1n) is 5.64. The third kappa shape index (κ3) is 2.66. The van der Waals surface area contributed by atoms with Gasteiger partial charge in [-0.2, -0.15) is 0 Å². The van der Waals surface area contributed by atoms with E-state index in [-0.39, 0.29) is 11.8 Å². The summed E-state index contributed by atoms with van der Waals surface area (Å²) in [5, 5.41) is 0. The molecule has 1 atom stereocenters. The Balaban J connectivity index is 2.22. The second-order valence-electron chi connectivity index (χ2n) is 4.33. The van der Waals surface area contributed by atoms with Gasteiger partial charge >= 0.3 is 0 Å². The molecule has 1 aromatic carbocycles. The summed E-state index contributed by atoms with van der Waals surface area (Å²) >= 11 is 1.82. The van der Waals surface area contributed by atoms with Crippen molar-refractivity contribution >= 4 is 29.0 Å². The van der Waals surface area contributed by atoms with Crippen LogP contribution in [0.15, 0.2) is 23.1 Å². The van der Waals surface area contributed by atoms with E-state index in [1.54, 1.807) is 0 Å². The summed E-state index contributed by atoms with van der Waals surface area (Å²) < 4.78 is 0. The van der Waals surface area contributed by atoms with Crippen LogP contribution in [0, 0.1) is 5.92 Å². The molecule has 1 aliphatic rings. The lowest BCUT2D eigenvalue weighted by molar-refractivity contribution is -0.121. The largest absolute Gasteiger partial charge is 0.399 e. The van der Waals surface area contributed by atoms with Crippen LogP contribution in [0.1, 0.15) is 6.92 Å². The van der Waals surface area contributed by atoms with Crippen molar-refractivity contribution in [2.45, 2.75) is 11.8 Å². The van der Waals surface area contributed by atoms with Crippen molar-refractivity contribution in [3.05, 3.63) is 18.2 Å². The average molecular weight is 251 g/mol. The molecule has 0 aromatic heterocycles. The molecule has 0 fully saturated rings. The Labute approximate surface area is 105 Å². The van der Waals surface area contributed by atoms with Gasteiger partial charge in [-0.05, 0) is 18.2 Å². The third-order valence-electron chi connectivity index (χ3n) is 2.92. The third-order valence-corrected chi connectivity index (χ3v) is 3.97. The quantitative estimate of drug-likeness (QED) is 0.794. The van der Waals surface area contributed by atoms with Gasteiger partial charge < -0.3 is 16.4 Å². The van der Waals surface area contributed by atoms with Crippen molar-refractivity contribution in [3.63, 3.8) is 0 Å². The fourth-order valence-corrected chi connectivity index (χ4v) is 2.93. The number of fused-ring (bicyclic) bond motifs is 1. The molecule has 4 nitrogen and oxygen atoms in total. The van der Waals surface area contributed by atoms with E-state index in [9.17, 15) is 4.79 Å². The molecule has 17 heavy (non-hydrogen) atoms. The van der Waals surface area contributed by atoms with Gasteiger partial charge in [0, 0.05) is 29.4 Å². The smallest absolute Gasteiger partial charge is 0.222 e. The summed E-state index contributed by atoms with van der Waals surface area (Å²) in [4.78, 5) is 14.5. The van der Waals surface area contributed by atoms with Crippen molar-refractivity contribution in [1.29, 1.82) is 0 Å². The molecule has 0 radical (unpaired) electrons. The van der Waals surface area contributed by atoms with Crippen LogP contribution in [-0.4, -0.2) is 24.7 Å². The van der Waals surface area contributed by atoms with Crippen LogP contribution in [0.4, 0.5) is 11.4 Å². The molecule has 1 aliphatic heterocycles. The SMILES string of the molecule is CC(CN1CCSc2ccc(N)cc21)C(N)=O. The number of thioether (sulfide) groups is 1. The number of anilines is 2. The summed E-state index contributed by atoms with van der Waals surface area (Å²) in [5.41, 5.74) is 13.0. The number of primary amides is 1. The predicted octanol–water partition coefficient (Wildman–Crippen LogP) is 1.30. The van der Waals surface area contributed by atoms with Crippen molar-refractivity contribution in [2.24, 2.45) is 11.7 Å². The summed E-state index contributed by atoms with van der Waals surface area (Å²) in [6, 6.07) is 5.92. The van der Waals surface area contributed by atoms with Gasteiger partial charge in [0.2, 0.25) is 5.91 Å². The highest BCUT2D eigenvalue weighted by atomic mass is 32.2. The van der Waals surface area contributed by atoms with Gasteiger partial charge in [-0.25, -0.2) is 0 Å². The van der Waals surface area contributed by atoms with Gasteiger partial charge in [-0.15, -0.1) is 11.8 Å². The van der Waals surface area contributed by atoms with E-state index >= 15 is 0 Å². The van der Waals surface area contributed by atoms with Crippen molar-refractivity contribution in [2.75, 3.05) is 29.5 Å². The van der Waals surface area contributed by atoms with Crippen LogP contribution in [0.25, 0.3) is 0 Å². The highest BCUT2D eigenvalue weighted by molar-refractivity contribution is 7.99. The van der Waals surface area contributed by atoms with Crippen LogP contribution in [-0.2, 0) is 4.79 Å². The molecule has 2 rings (SSSR count). The number of amides is 1. The standard InChI is InChI=1S/C12H17N3OS/c1-8(12(14)16)7-15-4-5-17-11-3-2-9(13)6-10(11)15/h2-3,6,8H,4-5,7,13H2,1H3,(H2,14,16). The molecule has 92 valence electrons. The first-order valence-corrected chi connectivity index (χ1v) is 6.63. The van der Waals surface area contributed by atoms with Crippen LogP contribution < -0.4 is 16.4 Å². The zero-order valence-electron chi connectivity index (χ0n) is 9.85. The number of rotatable bonds is 3. The summed E-state index contributed by atoms with van der Waals surface area (Å²) in [6.07, 6.45) is 0. The van der Waals surface area contributed by atoms with E-state index in [0.717, 1.165) is 23.7 Å². The van der Waals surface area contributed by atoms with Crippen molar-refractivity contribution < 1.29 is 4.79 Å². The summed E-state index contributed by atoms with van der Waals surface area (Å²) in [6.45, 7) is 3.45. The fourth-order valence-electron chi connectivity index (χ4n) is 1.90. The Morgan fingerprint density at radius 1 is 1.59 bits per heavy atom. The number of carbonyl (C=O) groups is 1. The highest BCUT2D eigenvalue weighted by Gasteiger charge is 2.21. The zero-order chi connectivity index (χ0) is 12.4. The van der Waals surface area contributed by atoms with Crippen LogP contribution >= 0.6 is 11.8 Å². The number of carbonyl (C=O) groups excluding carboxylic acids is 1. The Hall–Kier alpha value is -1.36. The maximum absolute atomic E-state index is 11.1. The molecule has 0 saturated carbocycles. The number of hydrogen-bond acceptors (Lipinski definition) is 4. The topological polar surface area (TPSA) is 72.3 Å². The Bertz CT molecular complexity index is 436. The minimum absolute atomic E-state index is 0.146. The fraction of sp³-hybridized carbons (Fsp3) is 0.417. The molecular weight excluding hydrogens is 234 g/mol. The molecule has 0 spiro atoms. The normalized spacial score (nSPS) is 16.4. The monoisotopic (exact) mass is 251 g/mol. The molecule has 0 aliphatic carbocycles. The molecule has 1 heterocycles. The van der Waals surface area contributed by atoms with E-state index in [4.69, 9.17) is 11.5 Å². The molecule has 4 N–H and O–H groups in total. The number of nitrogens with two attached hydrogens (primary N) is 2. The molecule has 1 amide bonds. The zero-order valence-corrected chi connectivity index (χ0v) is 10.7. The molecule has 1 aromatic rings.